The molecular formula is C84H78B4. The van der Waals surface area contributed by atoms with Gasteiger partial charge in [-0.25, -0.2) is 0 Å². The minimum absolute atomic E-state index is 0.287. The van der Waals surface area contributed by atoms with Gasteiger partial charge in [0.05, 0.1) is 0 Å². The Morgan fingerprint density at radius 3 is 0.716 bits per heavy atom. The fraction of sp³-hybridized carbons (Fsp3) is 0.238. The largest absolute Gasteiger partial charge is 0.208 e. The van der Waals surface area contributed by atoms with Crippen molar-refractivity contribution in [2.45, 2.75) is 138 Å². The minimum Gasteiger partial charge on any atom is -0.0773 e. The average molecular weight is 1130 g/mol. The molecule has 0 saturated heterocycles. The molecule has 12 aromatic carbocycles. The van der Waals surface area contributed by atoms with Crippen LogP contribution in [0.5, 0.6) is 0 Å². The molecule has 0 atom stereocenters. The van der Waals surface area contributed by atoms with Crippen molar-refractivity contribution in [1.29, 1.82) is 0 Å². The van der Waals surface area contributed by atoms with Gasteiger partial charge in [0, 0.05) is 0 Å². The van der Waals surface area contributed by atoms with Gasteiger partial charge < -0.3 is 0 Å². The van der Waals surface area contributed by atoms with Crippen molar-refractivity contribution >= 4 is 103 Å². The molecule has 0 saturated carbocycles. The van der Waals surface area contributed by atoms with Gasteiger partial charge in [-0.1, -0.05) is 188 Å². The van der Waals surface area contributed by atoms with Crippen LogP contribution < -0.4 is 43.7 Å². The molecule has 4 heterocycles. The van der Waals surface area contributed by atoms with E-state index in [1.54, 1.807) is 0 Å². The predicted molar refractivity (Wildman–Crippen MR) is 393 cm³/mol. The fourth-order valence-electron chi connectivity index (χ4n) is 20.2. The molecule has 0 radical (unpaired) electrons. The number of hydrogen-bond donors (Lipinski definition) is 0. The highest BCUT2D eigenvalue weighted by Gasteiger charge is 2.39. The highest BCUT2D eigenvalue weighted by molar-refractivity contribution is 6.91. The van der Waals surface area contributed by atoms with E-state index in [9.17, 15) is 0 Å². The predicted octanol–water partition coefficient (Wildman–Crippen LogP) is 17.1. The van der Waals surface area contributed by atoms with Crippen LogP contribution in [0.4, 0.5) is 0 Å². The van der Waals surface area contributed by atoms with Gasteiger partial charge in [-0.2, -0.15) is 0 Å². The summed E-state index contributed by atoms with van der Waals surface area (Å²) < 4.78 is 0. The number of benzene rings is 12. The third kappa shape index (κ3) is 7.27. The first kappa shape index (κ1) is 55.3. The third-order valence-corrected chi connectivity index (χ3v) is 22.9. The van der Waals surface area contributed by atoms with Crippen LogP contribution in [0.1, 0.15) is 89.0 Å². The molecule has 0 aromatic heterocycles. The zero-order valence-corrected chi connectivity index (χ0v) is 55.7. The molecule has 0 aliphatic carbocycles. The molecule has 0 amide bonds. The van der Waals surface area contributed by atoms with Crippen molar-refractivity contribution in [3.05, 3.63) is 198 Å². The Balaban J connectivity index is 1.04. The zero-order chi connectivity index (χ0) is 61.6. The van der Waals surface area contributed by atoms with E-state index in [2.05, 4.69) is 247 Å². The summed E-state index contributed by atoms with van der Waals surface area (Å²) in [4.78, 5) is 0. The Morgan fingerprint density at radius 1 is 0.205 bits per heavy atom. The quantitative estimate of drug-likeness (QED) is 0.122. The van der Waals surface area contributed by atoms with Gasteiger partial charge in [0.2, 0.25) is 26.9 Å². The van der Waals surface area contributed by atoms with Crippen LogP contribution in [0.15, 0.2) is 109 Å². The summed E-state index contributed by atoms with van der Waals surface area (Å²) >= 11 is 0. The summed E-state index contributed by atoms with van der Waals surface area (Å²) in [6.07, 6.45) is 0. The van der Waals surface area contributed by atoms with Gasteiger partial charge in [0.1, 0.15) is 0 Å². The molecule has 0 unspecified atom stereocenters. The van der Waals surface area contributed by atoms with E-state index in [0.717, 1.165) is 0 Å². The topological polar surface area (TPSA) is 0 Å². The molecule has 4 heteroatoms. The number of aryl methyl sites for hydroxylation is 12. The summed E-state index contributed by atoms with van der Waals surface area (Å²) in [5.74, 6) is 0. The molecule has 0 bridgehead atoms. The van der Waals surface area contributed by atoms with Crippen molar-refractivity contribution in [1.82, 2.24) is 0 Å². The number of rotatable bonds is 4. The van der Waals surface area contributed by atoms with E-state index in [1.807, 2.05) is 0 Å². The Labute approximate surface area is 524 Å². The van der Waals surface area contributed by atoms with E-state index >= 15 is 0 Å². The molecule has 0 N–H and O–H groups in total. The van der Waals surface area contributed by atoms with Gasteiger partial charge in [0.15, 0.2) is 0 Å². The Morgan fingerprint density at radius 2 is 0.443 bits per heavy atom. The Kier molecular flexibility index (Phi) is 11.8. The maximum absolute atomic E-state index is 2.66. The molecule has 0 nitrogen and oxygen atoms in total. The highest BCUT2D eigenvalue weighted by Crippen LogP contribution is 2.51. The molecule has 16 rings (SSSR count). The van der Waals surface area contributed by atoms with Crippen LogP contribution in [0, 0.1) is 111 Å². The van der Waals surface area contributed by atoms with E-state index in [-0.39, 0.29) is 13.4 Å². The summed E-state index contributed by atoms with van der Waals surface area (Å²) in [6, 6.07) is 45.4. The van der Waals surface area contributed by atoms with Crippen LogP contribution in [-0.2, 0) is 0 Å². The summed E-state index contributed by atoms with van der Waals surface area (Å²) in [6.45, 7) is 48.7. The lowest BCUT2D eigenvalue weighted by Crippen LogP contribution is -2.38. The van der Waals surface area contributed by atoms with E-state index in [0.29, 0.717) is 13.4 Å². The Hall–Kier alpha value is -8.06. The van der Waals surface area contributed by atoms with Gasteiger partial charge in [-0.15, -0.1) is 0 Å². The van der Waals surface area contributed by atoms with Crippen molar-refractivity contribution in [2.24, 2.45) is 0 Å². The van der Waals surface area contributed by atoms with Crippen molar-refractivity contribution in [3.63, 3.8) is 0 Å². The smallest absolute Gasteiger partial charge is 0.0773 e. The van der Waals surface area contributed by atoms with Gasteiger partial charge >= 0.3 is 0 Å². The van der Waals surface area contributed by atoms with E-state index in [4.69, 9.17) is 0 Å². The second-order valence-corrected chi connectivity index (χ2v) is 28.8. The average Bonchev–Trinajstić information content (AvgIpc) is 0.854. The van der Waals surface area contributed by atoms with Crippen LogP contribution >= 0.6 is 0 Å². The van der Waals surface area contributed by atoms with Crippen LogP contribution in [-0.4, -0.2) is 26.9 Å². The summed E-state index contributed by atoms with van der Waals surface area (Å²) in [7, 11) is 0. The van der Waals surface area contributed by atoms with Crippen LogP contribution in [0.25, 0.3) is 121 Å². The molecular weight excluding hydrogens is 1050 g/mol. The fourth-order valence-corrected chi connectivity index (χ4v) is 20.2. The second kappa shape index (κ2) is 18.7. The highest BCUT2D eigenvalue weighted by atomic mass is 14.3. The lowest BCUT2D eigenvalue weighted by molar-refractivity contribution is 1.39. The number of fused-ring (bicyclic) bond motifs is 12. The van der Waals surface area contributed by atoms with Crippen molar-refractivity contribution < 1.29 is 0 Å². The summed E-state index contributed by atoms with van der Waals surface area (Å²) in [5, 5.41) is 8.04. The maximum Gasteiger partial charge on any atom is 0.208 e. The van der Waals surface area contributed by atoms with Gasteiger partial charge in [-0.3, -0.25) is 0 Å². The molecule has 88 heavy (non-hydrogen) atoms. The molecule has 426 valence electrons. The van der Waals surface area contributed by atoms with Crippen LogP contribution in [0.2, 0.25) is 27.3 Å². The third-order valence-electron chi connectivity index (χ3n) is 22.9. The monoisotopic (exact) mass is 1130 g/mol. The molecule has 0 spiro atoms. The van der Waals surface area contributed by atoms with Crippen molar-refractivity contribution in [2.75, 3.05) is 0 Å². The first-order valence-corrected chi connectivity index (χ1v) is 32.8. The van der Waals surface area contributed by atoms with Gasteiger partial charge in [0.25, 0.3) is 0 Å². The molecule has 12 aromatic rings. The first-order valence-electron chi connectivity index (χ1n) is 32.8. The van der Waals surface area contributed by atoms with Gasteiger partial charge in [-0.05, 0) is 313 Å². The van der Waals surface area contributed by atoms with E-state index in [1.165, 1.54) is 254 Å². The zero-order valence-electron chi connectivity index (χ0n) is 55.7. The Bertz CT molecular complexity index is 4950. The molecule has 4 aliphatic heterocycles. The standard InChI is InChI=1S/C84H78B4/c1-39-21-47(9)77-63(25-39)67-29-43(5)71(51(13)81(67)85(77)17)55-33-57-37-60(74-46(8)32-70-66-28-42(4)24-50(12)80(66)88(20)84(70)54(74)16)62-36-56(72-44(6)30-68-64-26-40(2)22-48(10)78(64)86(18)82(68)52(72)14)34-58-38-59(61(35-55)75(57)76(58)62)73-45(7)31-69-65-27-41(3)23-49(11)79(65)87(19)83(69)53(73)15/h21-38H,1-20H3. The minimum atomic E-state index is 0.287. The molecule has 0 fully saturated rings. The second-order valence-electron chi connectivity index (χ2n) is 28.8. The first-order chi connectivity index (χ1) is 41.9. The number of hydrogen-bond acceptors (Lipinski definition) is 0. The van der Waals surface area contributed by atoms with E-state index < -0.39 is 0 Å². The lowest BCUT2D eigenvalue weighted by Gasteiger charge is -2.26. The normalized spacial score (nSPS) is 13.4. The van der Waals surface area contributed by atoms with Crippen LogP contribution in [0.3, 0.4) is 0 Å². The maximum atomic E-state index is 2.66. The SMILES string of the molecule is CB1c2c(C)cc(C)cc2-c2cc(C)c(-c3cc4cc(-c5c(C)cc6c(c5C)B(C)c5c(C)cc(C)cc5-6)c5cc(-c6c(C)cc7c(c6C)B(C)c6c(C)cc(C)cc6-7)cc6cc(-c7c(C)cc8c(c7C)B(C)c7c(C)cc(C)cc7-8)c(c3)c4c65)c(C)c21. The lowest BCUT2D eigenvalue weighted by atomic mass is 9.43. The van der Waals surface area contributed by atoms with Crippen molar-refractivity contribution in [3.8, 4) is 89.0 Å². The molecule has 4 aliphatic rings. The summed E-state index contributed by atoms with van der Waals surface area (Å²) in [5.41, 5.74) is 55.9.